The topological polar surface area (TPSA) is 0 Å². The van der Waals surface area contributed by atoms with Crippen LogP contribution in [-0.4, -0.2) is 0 Å². The molecule has 2 fully saturated rings. The van der Waals surface area contributed by atoms with Gasteiger partial charge in [-0.1, -0.05) is 51.9 Å². The second kappa shape index (κ2) is 4.68. The van der Waals surface area contributed by atoms with E-state index in [2.05, 4.69) is 6.92 Å². The third kappa shape index (κ3) is 1.99. The molecule has 0 nitrogen and oxygen atoms in total. The Morgan fingerprint density at radius 2 is 1.43 bits per heavy atom. The van der Waals surface area contributed by atoms with Crippen LogP contribution in [0.2, 0.25) is 0 Å². The van der Waals surface area contributed by atoms with Crippen molar-refractivity contribution < 1.29 is 0 Å². The molecule has 0 spiro atoms. The minimum absolute atomic E-state index is 0.790. The highest BCUT2D eigenvalue weighted by Crippen LogP contribution is 2.50. The predicted octanol–water partition coefficient (Wildman–Crippen LogP) is 4.93. The predicted molar refractivity (Wildman–Crippen MR) is 62.4 cm³/mol. The van der Waals surface area contributed by atoms with E-state index in [9.17, 15) is 0 Å². The minimum Gasteiger partial charge on any atom is -0.0648 e. The van der Waals surface area contributed by atoms with Crippen LogP contribution in [0.25, 0.3) is 0 Å². The standard InChI is InChI=1S/C14H26/c1-2-14(11-7-4-8-12-14)13-9-5-3-6-10-13/h13H,2-12H2,1H3. The fraction of sp³-hybridized carbons (Fsp3) is 1.00. The van der Waals surface area contributed by atoms with Crippen LogP contribution < -0.4 is 0 Å². The molecule has 2 rings (SSSR count). The molecule has 0 atom stereocenters. The summed E-state index contributed by atoms with van der Waals surface area (Å²) in [5, 5.41) is 0. The molecule has 0 radical (unpaired) electrons. The van der Waals surface area contributed by atoms with Crippen molar-refractivity contribution in [3.63, 3.8) is 0 Å². The summed E-state index contributed by atoms with van der Waals surface area (Å²) < 4.78 is 0. The summed E-state index contributed by atoms with van der Waals surface area (Å²) in [6.45, 7) is 2.44. The summed E-state index contributed by atoms with van der Waals surface area (Å²) in [6, 6.07) is 0. The lowest BCUT2D eigenvalue weighted by molar-refractivity contribution is 0.0628. The van der Waals surface area contributed by atoms with E-state index in [0.717, 1.165) is 11.3 Å². The molecular weight excluding hydrogens is 168 g/mol. The van der Waals surface area contributed by atoms with Crippen molar-refractivity contribution in [1.82, 2.24) is 0 Å². The van der Waals surface area contributed by atoms with Crippen LogP contribution in [-0.2, 0) is 0 Å². The van der Waals surface area contributed by atoms with E-state index in [1.807, 2.05) is 0 Å². The molecule has 0 N–H and O–H groups in total. The zero-order chi connectivity index (χ0) is 9.86. The summed E-state index contributed by atoms with van der Waals surface area (Å²) >= 11 is 0. The van der Waals surface area contributed by atoms with E-state index >= 15 is 0 Å². The van der Waals surface area contributed by atoms with Crippen molar-refractivity contribution >= 4 is 0 Å². The lowest BCUT2D eigenvalue weighted by Crippen LogP contribution is -2.33. The van der Waals surface area contributed by atoms with Gasteiger partial charge in [0.2, 0.25) is 0 Å². The summed E-state index contributed by atoms with van der Waals surface area (Å²) in [6.07, 6.45) is 16.7. The van der Waals surface area contributed by atoms with E-state index in [4.69, 9.17) is 0 Å². The second-order valence-corrected chi connectivity index (χ2v) is 5.61. The van der Waals surface area contributed by atoms with Crippen LogP contribution in [0.4, 0.5) is 0 Å². The molecule has 0 heteroatoms. The zero-order valence-electron chi connectivity index (χ0n) is 9.86. The number of hydrogen-bond donors (Lipinski definition) is 0. The highest BCUT2D eigenvalue weighted by atomic mass is 14.4. The maximum absolute atomic E-state index is 2.44. The maximum Gasteiger partial charge on any atom is -0.0272 e. The Balaban J connectivity index is 2.01. The maximum atomic E-state index is 2.44. The van der Waals surface area contributed by atoms with Gasteiger partial charge in [0.1, 0.15) is 0 Å². The quantitative estimate of drug-likeness (QED) is 0.585. The van der Waals surface area contributed by atoms with Gasteiger partial charge >= 0.3 is 0 Å². The molecule has 2 aliphatic carbocycles. The zero-order valence-corrected chi connectivity index (χ0v) is 9.86. The molecule has 82 valence electrons. The molecule has 14 heavy (non-hydrogen) atoms. The molecule has 0 aliphatic heterocycles. The van der Waals surface area contributed by atoms with Crippen LogP contribution >= 0.6 is 0 Å². The van der Waals surface area contributed by atoms with Gasteiger partial charge in [0.05, 0.1) is 0 Å². The van der Waals surface area contributed by atoms with Gasteiger partial charge in [-0.2, -0.15) is 0 Å². The Morgan fingerprint density at radius 3 is 2.00 bits per heavy atom. The molecule has 0 saturated heterocycles. The summed E-state index contributed by atoms with van der Waals surface area (Å²) in [7, 11) is 0. The third-order valence-electron chi connectivity index (χ3n) is 5.02. The van der Waals surface area contributed by atoms with Gasteiger partial charge in [-0.3, -0.25) is 0 Å². The van der Waals surface area contributed by atoms with Crippen molar-refractivity contribution in [3.8, 4) is 0 Å². The third-order valence-corrected chi connectivity index (χ3v) is 5.02. The highest BCUT2D eigenvalue weighted by molar-refractivity contribution is 4.89. The lowest BCUT2D eigenvalue weighted by atomic mass is 9.60. The van der Waals surface area contributed by atoms with Crippen molar-refractivity contribution in [2.24, 2.45) is 11.3 Å². The first-order chi connectivity index (χ1) is 6.87. The van der Waals surface area contributed by atoms with Gasteiger partial charge in [0.15, 0.2) is 0 Å². The summed E-state index contributed by atoms with van der Waals surface area (Å²) in [5.74, 6) is 1.10. The smallest absolute Gasteiger partial charge is 0.0272 e. The Kier molecular flexibility index (Phi) is 3.52. The van der Waals surface area contributed by atoms with Crippen LogP contribution in [0, 0.1) is 11.3 Å². The first-order valence-corrected chi connectivity index (χ1v) is 6.87. The van der Waals surface area contributed by atoms with Gasteiger partial charge in [-0.15, -0.1) is 0 Å². The molecule has 0 aromatic carbocycles. The van der Waals surface area contributed by atoms with Gasteiger partial charge < -0.3 is 0 Å². The van der Waals surface area contributed by atoms with E-state index < -0.39 is 0 Å². The van der Waals surface area contributed by atoms with Crippen LogP contribution in [0.3, 0.4) is 0 Å². The van der Waals surface area contributed by atoms with Gasteiger partial charge in [0, 0.05) is 0 Å². The SMILES string of the molecule is CCC1(C2CCCCC2)CCCCC1. The van der Waals surface area contributed by atoms with E-state index in [1.54, 1.807) is 25.7 Å². The second-order valence-electron chi connectivity index (χ2n) is 5.61. The fourth-order valence-electron chi connectivity index (χ4n) is 4.02. The summed E-state index contributed by atoms with van der Waals surface area (Å²) in [4.78, 5) is 0. The average Bonchev–Trinajstić information content (AvgIpc) is 2.31. The molecular formula is C14H26. The Morgan fingerprint density at radius 1 is 0.857 bits per heavy atom. The van der Waals surface area contributed by atoms with Crippen LogP contribution in [0.1, 0.15) is 77.6 Å². The van der Waals surface area contributed by atoms with Crippen LogP contribution in [0.5, 0.6) is 0 Å². The van der Waals surface area contributed by atoms with Gasteiger partial charge in [0.25, 0.3) is 0 Å². The summed E-state index contributed by atoms with van der Waals surface area (Å²) in [5.41, 5.74) is 0.790. The van der Waals surface area contributed by atoms with E-state index in [-0.39, 0.29) is 0 Å². The number of hydrogen-bond acceptors (Lipinski definition) is 0. The largest absolute Gasteiger partial charge is 0.0648 e. The monoisotopic (exact) mass is 194 g/mol. The first-order valence-electron chi connectivity index (χ1n) is 6.87. The van der Waals surface area contributed by atoms with Crippen molar-refractivity contribution in [1.29, 1.82) is 0 Å². The Labute approximate surface area is 89.5 Å². The number of rotatable bonds is 2. The molecule has 2 aliphatic rings. The van der Waals surface area contributed by atoms with Crippen molar-refractivity contribution in [2.45, 2.75) is 77.6 Å². The molecule has 0 aromatic rings. The van der Waals surface area contributed by atoms with E-state index in [0.29, 0.717) is 0 Å². The van der Waals surface area contributed by atoms with Crippen molar-refractivity contribution in [2.75, 3.05) is 0 Å². The highest BCUT2D eigenvalue weighted by Gasteiger charge is 2.38. The molecule has 0 amide bonds. The van der Waals surface area contributed by atoms with Crippen LogP contribution in [0.15, 0.2) is 0 Å². The van der Waals surface area contributed by atoms with Gasteiger partial charge in [-0.05, 0) is 37.0 Å². The Hall–Kier alpha value is 0. The minimum atomic E-state index is 0.790. The van der Waals surface area contributed by atoms with Gasteiger partial charge in [-0.25, -0.2) is 0 Å². The molecule has 2 saturated carbocycles. The molecule has 0 heterocycles. The fourth-order valence-corrected chi connectivity index (χ4v) is 4.02. The first kappa shape index (κ1) is 10.5. The molecule has 0 aromatic heterocycles. The van der Waals surface area contributed by atoms with E-state index in [1.165, 1.54) is 44.9 Å². The molecule has 0 bridgehead atoms. The average molecular weight is 194 g/mol. The molecule has 0 unspecified atom stereocenters. The normalized spacial score (nSPS) is 28.9. The lowest BCUT2D eigenvalue weighted by Gasteiger charge is -2.45. The Bertz CT molecular complexity index is 159. The van der Waals surface area contributed by atoms with Crippen molar-refractivity contribution in [3.05, 3.63) is 0 Å².